The van der Waals surface area contributed by atoms with E-state index in [4.69, 9.17) is 11.6 Å². The van der Waals surface area contributed by atoms with Crippen molar-refractivity contribution in [2.45, 2.75) is 6.18 Å². The molecule has 0 unspecified atom stereocenters. The number of hydrogen-bond donors (Lipinski definition) is 0. The zero-order valence-corrected chi connectivity index (χ0v) is 11.4. The van der Waals surface area contributed by atoms with Crippen LogP contribution in [0.5, 0.6) is 0 Å². The van der Waals surface area contributed by atoms with Crippen molar-refractivity contribution in [1.82, 2.24) is 9.97 Å². The highest BCUT2D eigenvalue weighted by Gasteiger charge is 2.35. The maximum atomic E-state index is 12.7. The first-order valence-corrected chi connectivity index (χ1v) is 6.79. The summed E-state index contributed by atoms with van der Waals surface area (Å²) >= 11 is 7.13. The number of rotatable bonds is 1. The minimum absolute atomic E-state index is 0.172. The van der Waals surface area contributed by atoms with Crippen molar-refractivity contribution >= 4 is 33.0 Å². The summed E-state index contributed by atoms with van der Waals surface area (Å²) in [5, 5.41) is 2.61. The third kappa shape index (κ3) is 2.36. The van der Waals surface area contributed by atoms with Crippen LogP contribution >= 0.6 is 22.9 Å². The second kappa shape index (κ2) is 4.71. The molecule has 0 fully saturated rings. The quantitative estimate of drug-likeness (QED) is 0.589. The minimum atomic E-state index is -4.62. The molecule has 102 valence electrons. The topological polar surface area (TPSA) is 25.8 Å². The molecule has 0 spiro atoms. The van der Waals surface area contributed by atoms with Crippen LogP contribution in [0, 0.1) is 0 Å². The second-order valence-electron chi connectivity index (χ2n) is 4.04. The van der Waals surface area contributed by atoms with Crippen LogP contribution in [0.2, 0.25) is 5.15 Å². The summed E-state index contributed by atoms with van der Waals surface area (Å²) < 4.78 is 39.1. The predicted octanol–water partition coefficient (Wildman–Crippen LogP) is 5.03. The normalized spacial score (nSPS) is 12.0. The Morgan fingerprint density at radius 1 is 1.10 bits per heavy atom. The van der Waals surface area contributed by atoms with Crippen LogP contribution < -0.4 is 0 Å². The number of thiophene rings is 1. The van der Waals surface area contributed by atoms with E-state index in [-0.39, 0.29) is 10.8 Å². The molecule has 0 N–H and O–H groups in total. The lowest BCUT2D eigenvalue weighted by atomic mass is 10.1. The fraction of sp³-hybridized carbons (Fsp3) is 0.0769. The Morgan fingerprint density at radius 2 is 1.90 bits per heavy atom. The van der Waals surface area contributed by atoms with E-state index in [0.29, 0.717) is 5.56 Å². The molecule has 2 nitrogen and oxygen atoms in total. The van der Waals surface area contributed by atoms with E-state index in [0.717, 1.165) is 10.1 Å². The molecule has 0 aliphatic heterocycles. The Kier molecular flexibility index (Phi) is 3.14. The summed E-state index contributed by atoms with van der Waals surface area (Å²) in [7, 11) is 0. The summed E-state index contributed by atoms with van der Waals surface area (Å²) in [6, 6.07) is 8.62. The lowest BCUT2D eigenvalue weighted by Crippen LogP contribution is -2.11. The van der Waals surface area contributed by atoms with E-state index >= 15 is 0 Å². The van der Waals surface area contributed by atoms with Crippen LogP contribution in [0.25, 0.3) is 21.3 Å². The highest BCUT2D eigenvalue weighted by atomic mass is 35.5. The second-order valence-corrected chi connectivity index (χ2v) is 5.35. The molecule has 0 atom stereocenters. The fourth-order valence-electron chi connectivity index (χ4n) is 1.88. The van der Waals surface area contributed by atoms with Gasteiger partial charge in [-0.15, -0.1) is 11.3 Å². The summed E-state index contributed by atoms with van der Waals surface area (Å²) in [5.74, 6) is -1.23. The van der Waals surface area contributed by atoms with Crippen molar-refractivity contribution in [3.63, 3.8) is 0 Å². The van der Waals surface area contributed by atoms with Crippen molar-refractivity contribution < 1.29 is 13.2 Å². The molecule has 2 heterocycles. The van der Waals surface area contributed by atoms with Crippen LogP contribution in [-0.2, 0) is 6.18 Å². The largest absolute Gasteiger partial charge is 0.451 e. The smallest absolute Gasteiger partial charge is 0.224 e. The first kappa shape index (κ1) is 13.3. The van der Waals surface area contributed by atoms with E-state index in [1.165, 1.54) is 17.4 Å². The number of nitrogens with zero attached hydrogens (tertiary/aromatic N) is 2. The van der Waals surface area contributed by atoms with E-state index < -0.39 is 12.0 Å². The zero-order chi connectivity index (χ0) is 14.3. The van der Waals surface area contributed by atoms with Crippen LogP contribution in [0.3, 0.4) is 0 Å². The molecule has 0 bridgehead atoms. The fourth-order valence-corrected chi connectivity index (χ4v) is 2.98. The number of alkyl halides is 3. The Bertz CT molecular complexity index is 783. The van der Waals surface area contributed by atoms with Crippen molar-refractivity contribution in [1.29, 1.82) is 0 Å². The summed E-state index contributed by atoms with van der Waals surface area (Å²) in [5.41, 5.74) is 0.790. The van der Waals surface area contributed by atoms with Gasteiger partial charge in [-0.2, -0.15) is 13.2 Å². The Balaban J connectivity index is 2.24. The number of aromatic nitrogens is 2. The summed E-state index contributed by atoms with van der Waals surface area (Å²) in [6.45, 7) is 0. The van der Waals surface area contributed by atoms with E-state index in [1.807, 2.05) is 17.5 Å². The van der Waals surface area contributed by atoms with Gasteiger partial charge in [0.1, 0.15) is 5.15 Å². The van der Waals surface area contributed by atoms with Gasteiger partial charge < -0.3 is 0 Å². The van der Waals surface area contributed by atoms with E-state index in [9.17, 15) is 13.2 Å². The molecule has 3 rings (SSSR count). The lowest BCUT2D eigenvalue weighted by Gasteiger charge is -2.08. The van der Waals surface area contributed by atoms with Crippen LogP contribution in [-0.4, -0.2) is 9.97 Å². The molecular weight excluding hydrogens is 309 g/mol. The molecule has 0 aliphatic carbocycles. The monoisotopic (exact) mass is 314 g/mol. The molecule has 1 aromatic carbocycles. The van der Waals surface area contributed by atoms with E-state index in [2.05, 4.69) is 9.97 Å². The van der Waals surface area contributed by atoms with Gasteiger partial charge in [-0.05, 0) is 16.8 Å². The molecule has 0 aliphatic rings. The average molecular weight is 315 g/mol. The van der Waals surface area contributed by atoms with Gasteiger partial charge >= 0.3 is 6.18 Å². The predicted molar refractivity (Wildman–Crippen MR) is 72.9 cm³/mol. The number of benzene rings is 1. The molecule has 0 saturated heterocycles. The van der Waals surface area contributed by atoms with Crippen molar-refractivity contribution in [3.05, 3.63) is 46.7 Å². The molecule has 0 radical (unpaired) electrons. The number of fused-ring (bicyclic) bond motifs is 1. The molecule has 2 aromatic heterocycles. The lowest BCUT2D eigenvalue weighted by molar-refractivity contribution is -0.144. The standard InChI is InChI=1S/C13H6ClF3N2S/c14-10-6-9(18-12(19-10)13(15,16)17)8-3-1-2-7-4-5-20-11(7)8/h1-6H. The third-order valence-electron chi connectivity index (χ3n) is 2.70. The van der Waals surface area contributed by atoms with Crippen molar-refractivity contribution in [3.8, 4) is 11.3 Å². The summed E-state index contributed by atoms with van der Waals surface area (Å²) in [6.07, 6.45) is -4.62. The third-order valence-corrected chi connectivity index (χ3v) is 3.86. The highest BCUT2D eigenvalue weighted by molar-refractivity contribution is 7.17. The minimum Gasteiger partial charge on any atom is -0.224 e. The van der Waals surface area contributed by atoms with Gasteiger partial charge in [-0.25, -0.2) is 9.97 Å². The molecule has 7 heteroatoms. The molecule has 3 aromatic rings. The van der Waals surface area contributed by atoms with Gasteiger partial charge in [0.25, 0.3) is 0 Å². The van der Waals surface area contributed by atoms with Gasteiger partial charge in [-0.1, -0.05) is 29.8 Å². The maximum absolute atomic E-state index is 12.7. The molecule has 0 amide bonds. The van der Waals surface area contributed by atoms with Crippen molar-refractivity contribution in [2.75, 3.05) is 0 Å². The Morgan fingerprint density at radius 3 is 2.65 bits per heavy atom. The van der Waals surface area contributed by atoms with Gasteiger partial charge in [0.05, 0.1) is 5.69 Å². The number of hydrogen-bond acceptors (Lipinski definition) is 3. The van der Waals surface area contributed by atoms with Gasteiger partial charge in [0.2, 0.25) is 5.82 Å². The highest BCUT2D eigenvalue weighted by Crippen LogP contribution is 2.34. The van der Waals surface area contributed by atoms with Gasteiger partial charge in [0.15, 0.2) is 0 Å². The zero-order valence-electron chi connectivity index (χ0n) is 9.78. The van der Waals surface area contributed by atoms with Crippen LogP contribution in [0.4, 0.5) is 13.2 Å². The Labute approximate surface area is 120 Å². The van der Waals surface area contributed by atoms with E-state index in [1.54, 1.807) is 12.1 Å². The van der Waals surface area contributed by atoms with Crippen LogP contribution in [0.1, 0.15) is 5.82 Å². The Hall–Kier alpha value is -1.66. The maximum Gasteiger partial charge on any atom is 0.451 e. The SMILES string of the molecule is FC(F)(F)c1nc(Cl)cc(-c2cccc3ccsc23)n1. The van der Waals surface area contributed by atoms with Crippen LogP contribution in [0.15, 0.2) is 35.7 Å². The molecular formula is C13H6ClF3N2S. The number of halogens is 4. The van der Waals surface area contributed by atoms with Crippen molar-refractivity contribution in [2.24, 2.45) is 0 Å². The summed E-state index contributed by atoms with van der Waals surface area (Å²) in [4.78, 5) is 6.82. The average Bonchev–Trinajstić information content (AvgIpc) is 2.84. The first-order chi connectivity index (χ1) is 9.45. The first-order valence-electron chi connectivity index (χ1n) is 5.53. The molecule has 0 saturated carbocycles. The van der Waals surface area contributed by atoms with Gasteiger partial charge in [0, 0.05) is 16.3 Å². The van der Waals surface area contributed by atoms with Gasteiger partial charge in [-0.3, -0.25) is 0 Å². The molecule has 20 heavy (non-hydrogen) atoms.